The van der Waals surface area contributed by atoms with Crippen LogP contribution in [0.5, 0.6) is 0 Å². The summed E-state index contributed by atoms with van der Waals surface area (Å²) in [5.74, 6) is -1.78. The van der Waals surface area contributed by atoms with Crippen molar-refractivity contribution in [1.82, 2.24) is 10.2 Å². The molecule has 0 aromatic rings. The standard InChI is InChI=1S/C13H19N3O3/c1-16(11-5-3-2-4-6-11)9-10(7-14)13(19)15-8-12(17)18/h9,11H,2-6,8H2,1H3,(H,15,19)(H,17,18)/b10-9-. The predicted octanol–water partition coefficient (Wildman–Crippen LogP) is 0.859. The van der Waals surface area contributed by atoms with E-state index in [0.717, 1.165) is 25.7 Å². The van der Waals surface area contributed by atoms with E-state index in [1.165, 1.54) is 12.6 Å². The first-order chi connectivity index (χ1) is 9.04. The first kappa shape index (κ1) is 15.0. The van der Waals surface area contributed by atoms with Crippen LogP contribution in [0.1, 0.15) is 32.1 Å². The van der Waals surface area contributed by atoms with Crippen LogP contribution in [0, 0.1) is 11.3 Å². The van der Waals surface area contributed by atoms with Gasteiger partial charge in [-0.25, -0.2) is 0 Å². The Hall–Kier alpha value is -2.03. The molecule has 0 aliphatic heterocycles. The van der Waals surface area contributed by atoms with E-state index >= 15 is 0 Å². The summed E-state index contributed by atoms with van der Waals surface area (Å²) in [6, 6.07) is 2.16. The fourth-order valence-corrected chi connectivity index (χ4v) is 2.19. The summed E-state index contributed by atoms with van der Waals surface area (Å²) in [6.07, 6.45) is 7.18. The molecule has 0 heterocycles. The van der Waals surface area contributed by atoms with E-state index in [-0.39, 0.29) is 5.57 Å². The predicted molar refractivity (Wildman–Crippen MR) is 69.0 cm³/mol. The lowest BCUT2D eigenvalue weighted by Gasteiger charge is -2.30. The van der Waals surface area contributed by atoms with Gasteiger partial charge in [-0.1, -0.05) is 19.3 Å². The Kier molecular flexibility index (Phi) is 5.86. The Morgan fingerprint density at radius 2 is 2.05 bits per heavy atom. The lowest BCUT2D eigenvalue weighted by Crippen LogP contribution is -2.33. The number of nitrogens with one attached hydrogen (secondary N) is 1. The molecule has 1 aliphatic rings. The molecule has 104 valence electrons. The minimum atomic E-state index is -1.13. The number of nitriles is 1. The SMILES string of the molecule is CN(/C=C(/C#N)C(=O)NCC(=O)O)C1CCCCC1. The van der Waals surface area contributed by atoms with Crippen LogP contribution in [0.3, 0.4) is 0 Å². The summed E-state index contributed by atoms with van der Waals surface area (Å²) in [7, 11) is 1.85. The van der Waals surface area contributed by atoms with Crippen molar-refractivity contribution in [3.05, 3.63) is 11.8 Å². The average Bonchev–Trinajstić information content (AvgIpc) is 2.42. The molecule has 1 saturated carbocycles. The molecule has 0 aromatic carbocycles. The maximum absolute atomic E-state index is 11.6. The van der Waals surface area contributed by atoms with Crippen molar-refractivity contribution < 1.29 is 14.7 Å². The first-order valence-electron chi connectivity index (χ1n) is 6.38. The minimum Gasteiger partial charge on any atom is -0.480 e. The monoisotopic (exact) mass is 265 g/mol. The zero-order valence-corrected chi connectivity index (χ0v) is 11.1. The smallest absolute Gasteiger partial charge is 0.322 e. The van der Waals surface area contributed by atoms with Crippen LogP contribution >= 0.6 is 0 Å². The highest BCUT2D eigenvalue weighted by atomic mass is 16.4. The molecule has 0 bridgehead atoms. The molecule has 19 heavy (non-hydrogen) atoms. The molecule has 0 aromatic heterocycles. The van der Waals surface area contributed by atoms with Crippen molar-refractivity contribution in [2.75, 3.05) is 13.6 Å². The van der Waals surface area contributed by atoms with E-state index in [1.54, 1.807) is 0 Å². The molecule has 1 amide bonds. The number of hydrogen-bond acceptors (Lipinski definition) is 4. The van der Waals surface area contributed by atoms with Crippen molar-refractivity contribution in [2.45, 2.75) is 38.1 Å². The van der Waals surface area contributed by atoms with Crippen LogP contribution in [0.25, 0.3) is 0 Å². The second-order valence-corrected chi connectivity index (χ2v) is 4.69. The number of carbonyl (C=O) groups excluding carboxylic acids is 1. The summed E-state index contributed by atoms with van der Waals surface area (Å²) >= 11 is 0. The van der Waals surface area contributed by atoms with Crippen LogP contribution in [0.2, 0.25) is 0 Å². The molecular formula is C13H19N3O3. The molecule has 6 nitrogen and oxygen atoms in total. The molecular weight excluding hydrogens is 246 g/mol. The Bertz CT molecular complexity index is 406. The quantitative estimate of drug-likeness (QED) is 0.568. The maximum atomic E-state index is 11.6. The van der Waals surface area contributed by atoms with Gasteiger partial charge in [0.1, 0.15) is 18.2 Å². The van der Waals surface area contributed by atoms with Gasteiger partial charge >= 0.3 is 5.97 Å². The number of carboxylic acid groups (broad SMARTS) is 1. The van der Waals surface area contributed by atoms with Gasteiger partial charge in [0, 0.05) is 19.3 Å². The minimum absolute atomic E-state index is 0.0608. The summed E-state index contributed by atoms with van der Waals surface area (Å²) in [5, 5.41) is 19.6. The number of hydrogen-bond donors (Lipinski definition) is 2. The van der Waals surface area contributed by atoms with Crippen LogP contribution in [-0.4, -0.2) is 41.5 Å². The third-order valence-electron chi connectivity index (χ3n) is 3.25. The highest BCUT2D eigenvalue weighted by Gasteiger charge is 2.18. The van der Waals surface area contributed by atoms with Gasteiger partial charge in [0.2, 0.25) is 0 Å². The Morgan fingerprint density at radius 3 is 2.58 bits per heavy atom. The van der Waals surface area contributed by atoms with Gasteiger partial charge < -0.3 is 15.3 Å². The second-order valence-electron chi connectivity index (χ2n) is 4.69. The van der Waals surface area contributed by atoms with Crippen LogP contribution in [0.4, 0.5) is 0 Å². The summed E-state index contributed by atoms with van der Waals surface area (Å²) in [5.41, 5.74) is -0.0608. The average molecular weight is 265 g/mol. The van der Waals surface area contributed by atoms with Gasteiger partial charge in [-0.3, -0.25) is 9.59 Å². The third kappa shape index (κ3) is 5.00. The zero-order chi connectivity index (χ0) is 14.3. The van der Waals surface area contributed by atoms with Gasteiger partial charge in [-0.05, 0) is 12.8 Å². The van der Waals surface area contributed by atoms with Crippen molar-refractivity contribution in [1.29, 1.82) is 5.26 Å². The third-order valence-corrected chi connectivity index (χ3v) is 3.25. The molecule has 0 radical (unpaired) electrons. The number of rotatable bonds is 5. The van der Waals surface area contributed by atoms with Gasteiger partial charge in [0.25, 0.3) is 5.91 Å². The van der Waals surface area contributed by atoms with Gasteiger partial charge in [-0.15, -0.1) is 0 Å². The molecule has 1 fully saturated rings. The zero-order valence-electron chi connectivity index (χ0n) is 11.1. The fourth-order valence-electron chi connectivity index (χ4n) is 2.19. The Morgan fingerprint density at radius 1 is 1.42 bits per heavy atom. The van der Waals surface area contributed by atoms with Gasteiger partial charge in [0.05, 0.1) is 0 Å². The largest absolute Gasteiger partial charge is 0.480 e. The van der Waals surface area contributed by atoms with Gasteiger partial charge in [-0.2, -0.15) is 5.26 Å². The fraction of sp³-hybridized carbons (Fsp3) is 0.615. The van der Waals surface area contributed by atoms with Crippen molar-refractivity contribution in [3.8, 4) is 6.07 Å². The number of nitrogens with zero attached hydrogens (tertiary/aromatic N) is 2. The maximum Gasteiger partial charge on any atom is 0.322 e. The van der Waals surface area contributed by atoms with E-state index in [4.69, 9.17) is 10.4 Å². The summed E-state index contributed by atoms with van der Waals surface area (Å²) in [6.45, 7) is -0.481. The highest BCUT2D eigenvalue weighted by Crippen LogP contribution is 2.22. The number of amides is 1. The van der Waals surface area contributed by atoms with Crippen molar-refractivity contribution in [2.24, 2.45) is 0 Å². The Labute approximate surface area is 112 Å². The van der Waals surface area contributed by atoms with E-state index < -0.39 is 18.4 Å². The summed E-state index contributed by atoms with van der Waals surface area (Å²) < 4.78 is 0. The molecule has 1 rings (SSSR count). The van der Waals surface area contributed by atoms with E-state index in [1.807, 2.05) is 18.0 Å². The van der Waals surface area contributed by atoms with Crippen LogP contribution in [0.15, 0.2) is 11.8 Å². The highest BCUT2D eigenvalue weighted by molar-refractivity contribution is 5.98. The van der Waals surface area contributed by atoms with E-state index in [0.29, 0.717) is 6.04 Å². The van der Waals surface area contributed by atoms with Gasteiger partial charge in [0.15, 0.2) is 0 Å². The molecule has 1 aliphatic carbocycles. The number of carboxylic acids is 1. The molecule has 2 N–H and O–H groups in total. The Balaban J connectivity index is 2.61. The van der Waals surface area contributed by atoms with Crippen LogP contribution in [-0.2, 0) is 9.59 Å². The lowest BCUT2D eigenvalue weighted by atomic mass is 9.94. The molecule has 0 spiro atoms. The normalized spacial score (nSPS) is 16.5. The summed E-state index contributed by atoms with van der Waals surface area (Å²) in [4.78, 5) is 23.8. The second kappa shape index (κ2) is 7.41. The molecule has 0 atom stereocenters. The molecule has 0 unspecified atom stereocenters. The topological polar surface area (TPSA) is 93.4 Å². The lowest BCUT2D eigenvalue weighted by molar-refractivity contribution is -0.137. The number of carbonyl (C=O) groups is 2. The van der Waals surface area contributed by atoms with Crippen molar-refractivity contribution in [3.63, 3.8) is 0 Å². The van der Waals surface area contributed by atoms with E-state index in [2.05, 4.69) is 5.32 Å². The van der Waals surface area contributed by atoms with E-state index in [9.17, 15) is 9.59 Å². The molecule has 6 heteroatoms. The molecule has 0 saturated heterocycles. The van der Waals surface area contributed by atoms with Crippen molar-refractivity contribution >= 4 is 11.9 Å². The first-order valence-corrected chi connectivity index (χ1v) is 6.38. The van der Waals surface area contributed by atoms with Crippen LogP contribution < -0.4 is 5.32 Å². The number of aliphatic carboxylic acids is 1.